The van der Waals surface area contributed by atoms with Crippen molar-refractivity contribution in [1.29, 1.82) is 0 Å². The molecule has 104 valence electrons. The molecule has 0 bridgehead atoms. The molecule has 0 spiro atoms. The number of hydrogen-bond donors (Lipinski definition) is 1. The quantitative estimate of drug-likeness (QED) is 0.833. The second-order valence-corrected chi connectivity index (χ2v) is 5.76. The van der Waals surface area contributed by atoms with Gasteiger partial charge in [-0.3, -0.25) is 9.59 Å². The van der Waals surface area contributed by atoms with E-state index in [-0.39, 0.29) is 18.3 Å². The zero-order valence-corrected chi connectivity index (χ0v) is 13.1. The van der Waals surface area contributed by atoms with Gasteiger partial charge >= 0.3 is 0 Å². The Morgan fingerprint density at radius 2 is 2.05 bits per heavy atom. The summed E-state index contributed by atoms with van der Waals surface area (Å²) in [4.78, 5) is 23.7. The first kappa shape index (κ1) is 14.7. The lowest BCUT2D eigenvalue weighted by Gasteiger charge is -2.10. The van der Waals surface area contributed by atoms with E-state index >= 15 is 0 Å². The normalized spacial score (nSPS) is 10.1. The van der Waals surface area contributed by atoms with Crippen LogP contribution in [0.1, 0.15) is 16.6 Å². The SMILES string of the molecule is CC(=O)Nc1ccccc1OCC(=O)c1sccc1Br. The van der Waals surface area contributed by atoms with Crippen LogP contribution in [0, 0.1) is 0 Å². The number of rotatable bonds is 5. The molecule has 6 heteroatoms. The number of ketones is 1. The van der Waals surface area contributed by atoms with E-state index in [1.807, 2.05) is 11.4 Å². The van der Waals surface area contributed by atoms with Crippen LogP contribution in [0.25, 0.3) is 0 Å². The molecule has 0 fully saturated rings. The summed E-state index contributed by atoms with van der Waals surface area (Å²) in [7, 11) is 0. The lowest BCUT2D eigenvalue weighted by molar-refractivity contribution is -0.114. The standard InChI is InChI=1S/C14H12BrNO3S/c1-9(17)16-11-4-2-3-5-13(11)19-8-12(18)14-10(15)6-7-20-14/h2-7H,8H2,1H3,(H,16,17). The van der Waals surface area contributed by atoms with Crippen LogP contribution in [0.2, 0.25) is 0 Å². The van der Waals surface area contributed by atoms with Gasteiger partial charge in [0.1, 0.15) is 5.75 Å². The molecule has 0 atom stereocenters. The number of anilines is 1. The Bertz CT molecular complexity index is 639. The number of carbonyl (C=O) groups is 2. The van der Waals surface area contributed by atoms with E-state index in [1.165, 1.54) is 18.3 Å². The number of thiophene rings is 1. The molecule has 0 unspecified atom stereocenters. The molecule has 0 radical (unpaired) electrons. The van der Waals surface area contributed by atoms with Gasteiger partial charge in [-0.15, -0.1) is 11.3 Å². The van der Waals surface area contributed by atoms with E-state index in [0.717, 1.165) is 4.47 Å². The second kappa shape index (κ2) is 6.67. The fourth-order valence-corrected chi connectivity index (χ4v) is 3.11. The summed E-state index contributed by atoms with van der Waals surface area (Å²) in [5, 5.41) is 4.50. The number of Topliss-reactive ketones (excluding diaryl/α,β-unsaturated/α-hetero) is 1. The van der Waals surface area contributed by atoms with Crippen LogP contribution in [0.3, 0.4) is 0 Å². The van der Waals surface area contributed by atoms with Crippen LogP contribution in [0.4, 0.5) is 5.69 Å². The van der Waals surface area contributed by atoms with Gasteiger partial charge in [0.2, 0.25) is 11.7 Å². The fraction of sp³-hybridized carbons (Fsp3) is 0.143. The molecular formula is C14H12BrNO3S. The van der Waals surface area contributed by atoms with Crippen molar-refractivity contribution in [3.05, 3.63) is 45.1 Å². The highest BCUT2D eigenvalue weighted by Crippen LogP contribution is 2.26. The van der Waals surface area contributed by atoms with Gasteiger partial charge in [0.05, 0.1) is 10.6 Å². The number of halogens is 1. The van der Waals surface area contributed by atoms with Gasteiger partial charge in [-0.1, -0.05) is 12.1 Å². The molecule has 0 aliphatic rings. The molecule has 0 saturated carbocycles. The minimum atomic E-state index is -0.187. The molecule has 2 aromatic rings. The molecule has 1 amide bonds. The third-order valence-electron chi connectivity index (χ3n) is 2.43. The first-order valence-corrected chi connectivity index (χ1v) is 7.51. The summed E-state index contributed by atoms with van der Waals surface area (Å²) in [6.45, 7) is 1.35. The predicted octanol–water partition coefficient (Wildman–Crippen LogP) is 3.73. The van der Waals surface area contributed by atoms with E-state index in [0.29, 0.717) is 16.3 Å². The van der Waals surface area contributed by atoms with Gasteiger partial charge in [0, 0.05) is 11.4 Å². The first-order chi connectivity index (χ1) is 9.58. The largest absolute Gasteiger partial charge is 0.483 e. The number of nitrogens with one attached hydrogen (secondary N) is 1. The van der Waals surface area contributed by atoms with Crippen molar-refractivity contribution >= 4 is 44.6 Å². The van der Waals surface area contributed by atoms with Gasteiger partial charge in [0.15, 0.2) is 6.61 Å². The lowest BCUT2D eigenvalue weighted by atomic mass is 10.3. The molecule has 0 saturated heterocycles. The Balaban J connectivity index is 2.06. The Morgan fingerprint density at radius 3 is 2.70 bits per heavy atom. The van der Waals surface area contributed by atoms with E-state index in [9.17, 15) is 9.59 Å². The van der Waals surface area contributed by atoms with Crippen molar-refractivity contribution in [2.45, 2.75) is 6.92 Å². The highest BCUT2D eigenvalue weighted by Gasteiger charge is 2.13. The number of benzene rings is 1. The smallest absolute Gasteiger partial charge is 0.221 e. The molecule has 0 aliphatic carbocycles. The Kier molecular flexibility index (Phi) is 4.92. The van der Waals surface area contributed by atoms with Gasteiger partial charge < -0.3 is 10.1 Å². The molecule has 1 aromatic heterocycles. The highest BCUT2D eigenvalue weighted by molar-refractivity contribution is 9.10. The van der Waals surface area contributed by atoms with Crippen molar-refractivity contribution < 1.29 is 14.3 Å². The van der Waals surface area contributed by atoms with E-state index in [2.05, 4.69) is 21.2 Å². The van der Waals surface area contributed by atoms with Gasteiger partial charge in [-0.2, -0.15) is 0 Å². The predicted molar refractivity (Wildman–Crippen MR) is 82.6 cm³/mol. The average molecular weight is 354 g/mol. The molecule has 1 aromatic carbocycles. The summed E-state index contributed by atoms with van der Waals surface area (Å²) in [6.07, 6.45) is 0. The van der Waals surface area contributed by atoms with Crippen LogP contribution in [0.15, 0.2) is 40.2 Å². The van der Waals surface area contributed by atoms with Crippen LogP contribution in [0.5, 0.6) is 5.75 Å². The van der Waals surface area contributed by atoms with Gasteiger partial charge in [-0.05, 0) is 39.5 Å². The number of amides is 1. The zero-order valence-electron chi connectivity index (χ0n) is 10.7. The number of para-hydroxylation sites is 2. The summed E-state index contributed by atoms with van der Waals surface area (Å²) < 4.78 is 6.27. The van der Waals surface area contributed by atoms with Gasteiger partial charge in [-0.25, -0.2) is 0 Å². The highest BCUT2D eigenvalue weighted by atomic mass is 79.9. The van der Waals surface area contributed by atoms with Crippen molar-refractivity contribution in [3.63, 3.8) is 0 Å². The maximum atomic E-state index is 12.0. The Labute approximate surface area is 128 Å². The fourth-order valence-electron chi connectivity index (χ4n) is 1.59. The molecule has 4 nitrogen and oxygen atoms in total. The molecule has 1 N–H and O–H groups in total. The second-order valence-electron chi connectivity index (χ2n) is 3.99. The first-order valence-electron chi connectivity index (χ1n) is 5.83. The third kappa shape index (κ3) is 3.68. The summed E-state index contributed by atoms with van der Waals surface area (Å²) >= 11 is 4.68. The number of carbonyl (C=O) groups excluding carboxylic acids is 2. The van der Waals surface area contributed by atoms with Crippen LogP contribution < -0.4 is 10.1 Å². The molecular weight excluding hydrogens is 342 g/mol. The molecule has 2 rings (SSSR count). The molecule has 20 heavy (non-hydrogen) atoms. The minimum Gasteiger partial charge on any atom is -0.483 e. The maximum Gasteiger partial charge on any atom is 0.221 e. The maximum absolute atomic E-state index is 12.0. The summed E-state index contributed by atoms with van der Waals surface area (Å²) in [6, 6.07) is 8.83. The topological polar surface area (TPSA) is 55.4 Å². The third-order valence-corrected chi connectivity index (χ3v) is 4.31. The molecule has 0 aliphatic heterocycles. The Morgan fingerprint density at radius 1 is 1.30 bits per heavy atom. The van der Waals surface area contributed by atoms with Crippen LogP contribution in [-0.4, -0.2) is 18.3 Å². The Hall–Kier alpha value is -1.66. The van der Waals surface area contributed by atoms with Crippen LogP contribution in [-0.2, 0) is 4.79 Å². The van der Waals surface area contributed by atoms with E-state index in [1.54, 1.807) is 24.3 Å². The number of ether oxygens (including phenoxy) is 1. The van der Waals surface area contributed by atoms with E-state index in [4.69, 9.17) is 4.74 Å². The van der Waals surface area contributed by atoms with E-state index < -0.39 is 0 Å². The molecule has 1 heterocycles. The monoisotopic (exact) mass is 353 g/mol. The minimum absolute atomic E-state index is 0.0737. The van der Waals surface area contributed by atoms with Crippen molar-refractivity contribution in [2.75, 3.05) is 11.9 Å². The number of hydrogen-bond acceptors (Lipinski definition) is 4. The summed E-state index contributed by atoms with van der Waals surface area (Å²) in [5.41, 5.74) is 0.554. The zero-order chi connectivity index (χ0) is 14.5. The lowest BCUT2D eigenvalue weighted by Crippen LogP contribution is -2.13. The average Bonchev–Trinajstić information content (AvgIpc) is 2.83. The van der Waals surface area contributed by atoms with Crippen LogP contribution >= 0.6 is 27.3 Å². The van der Waals surface area contributed by atoms with Crippen molar-refractivity contribution in [3.8, 4) is 5.75 Å². The van der Waals surface area contributed by atoms with Gasteiger partial charge in [0.25, 0.3) is 0 Å². The van der Waals surface area contributed by atoms with Crippen molar-refractivity contribution in [1.82, 2.24) is 0 Å². The summed E-state index contributed by atoms with van der Waals surface area (Å²) in [5.74, 6) is 0.182. The van der Waals surface area contributed by atoms with Crippen molar-refractivity contribution in [2.24, 2.45) is 0 Å².